The Hall–Kier alpha value is -2.42. The van der Waals surface area contributed by atoms with Gasteiger partial charge in [-0.1, -0.05) is 30.3 Å². The average molecular weight is 401 g/mol. The van der Waals surface area contributed by atoms with Crippen LogP contribution in [-0.4, -0.2) is 62.1 Å². The van der Waals surface area contributed by atoms with Crippen molar-refractivity contribution in [1.82, 2.24) is 15.5 Å². The number of piperidine rings is 1. The first-order valence-corrected chi connectivity index (χ1v) is 10.1. The van der Waals surface area contributed by atoms with Crippen molar-refractivity contribution in [3.8, 4) is 0 Å². The van der Waals surface area contributed by atoms with Gasteiger partial charge in [0.1, 0.15) is 0 Å². The zero-order valence-electron chi connectivity index (χ0n) is 16.6. The van der Waals surface area contributed by atoms with Crippen LogP contribution in [0.5, 0.6) is 0 Å². The number of hydrogen-bond acceptors (Lipinski definition) is 6. The molecule has 1 spiro atoms. The van der Waals surface area contributed by atoms with E-state index < -0.39 is 17.8 Å². The molecule has 156 valence electrons. The molecule has 1 aromatic rings. The molecule has 29 heavy (non-hydrogen) atoms. The minimum absolute atomic E-state index is 0.270. The summed E-state index contributed by atoms with van der Waals surface area (Å²) in [5.41, 5.74) is 1.88. The summed E-state index contributed by atoms with van der Waals surface area (Å²) in [6, 6.07) is 8.60. The standard InChI is InChI=1S/C21H27N3O5/c1-2-27-19(25)17-16(14-24-10-8-21(9-11-24)28-12-13-29-21)22-20(26)23-18(17)15-6-4-3-5-7-15/h3-7,18H,2,8-14H2,1H3,(H2,22,23,26)/t18-/m0/s1. The second kappa shape index (κ2) is 8.52. The Bertz CT molecular complexity index is 779. The third-order valence-corrected chi connectivity index (χ3v) is 5.60. The molecule has 0 unspecified atom stereocenters. The largest absolute Gasteiger partial charge is 0.463 e. The van der Waals surface area contributed by atoms with Crippen LogP contribution in [0, 0.1) is 0 Å². The summed E-state index contributed by atoms with van der Waals surface area (Å²) in [6.07, 6.45) is 1.53. The van der Waals surface area contributed by atoms with Gasteiger partial charge in [0.2, 0.25) is 0 Å². The van der Waals surface area contributed by atoms with Gasteiger partial charge in [0.15, 0.2) is 5.79 Å². The zero-order chi connectivity index (χ0) is 20.3. The average Bonchev–Trinajstić information content (AvgIpc) is 3.18. The Morgan fingerprint density at radius 2 is 1.90 bits per heavy atom. The van der Waals surface area contributed by atoms with Gasteiger partial charge in [-0.3, -0.25) is 4.90 Å². The number of nitrogens with one attached hydrogen (secondary N) is 2. The fourth-order valence-electron chi connectivity index (χ4n) is 4.15. The van der Waals surface area contributed by atoms with E-state index in [0.29, 0.717) is 31.0 Å². The van der Waals surface area contributed by atoms with Crippen molar-refractivity contribution in [3.63, 3.8) is 0 Å². The van der Waals surface area contributed by atoms with Crippen LogP contribution >= 0.6 is 0 Å². The second-order valence-corrected chi connectivity index (χ2v) is 7.44. The molecular weight excluding hydrogens is 374 g/mol. The number of benzene rings is 1. The Labute approximate surface area is 170 Å². The van der Waals surface area contributed by atoms with Crippen LogP contribution in [0.15, 0.2) is 41.6 Å². The molecule has 2 amide bonds. The summed E-state index contributed by atoms with van der Waals surface area (Å²) >= 11 is 0. The maximum absolute atomic E-state index is 12.8. The van der Waals surface area contributed by atoms with Crippen molar-refractivity contribution in [1.29, 1.82) is 0 Å². The highest BCUT2D eigenvalue weighted by atomic mass is 16.7. The van der Waals surface area contributed by atoms with E-state index >= 15 is 0 Å². The SMILES string of the molecule is CCOC(=O)C1=C(CN2CCC3(CC2)OCCO3)NC(=O)N[C@H]1c1ccccc1. The van der Waals surface area contributed by atoms with Crippen molar-refractivity contribution in [2.45, 2.75) is 31.6 Å². The second-order valence-electron chi connectivity index (χ2n) is 7.44. The number of hydrogen-bond donors (Lipinski definition) is 2. The van der Waals surface area contributed by atoms with Crippen LogP contribution in [0.2, 0.25) is 0 Å². The molecule has 4 rings (SSSR count). The van der Waals surface area contributed by atoms with Crippen LogP contribution in [0.1, 0.15) is 31.4 Å². The molecule has 3 heterocycles. The molecule has 0 radical (unpaired) electrons. The predicted molar refractivity (Wildman–Crippen MR) is 105 cm³/mol. The number of amides is 2. The number of likely N-dealkylation sites (tertiary alicyclic amines) is 1. The predicted octanol–water partition coefficient (Wildman–Crippen LogP) is 1.70. The number of ether oxygens (including phenoxy) is 3. The number of urea groups is 1. The van der Waals surface area contributed by atoms with Gasteiger partial charge >= 0.3 is 12.0 Å². The van der Waals surface area contributed by atoms with E-state index in [1.807, 2.05) is 30.3 Å². The van der Waals surface area contributed by atoms with E-state index in [4.69, 9.17) is 14.2 Å². The maximum atomic E-state index is 12.8. The molecule has 8 heteroatoms. The molecule has 2 saturated heterocycles. The third kappa shape index (κ3) is 4.29. The minimum atomic E-state index is -0.545. The fourth-order valence-corrected chi connectivity index (χ4v) is 4.15. The first-order valence-electron chi connectivity index (χ1n) is 10.1. The molecule has 0 saturated carbocycles. The highest BCUT2D eigenvalue weighted by Crippen LogP contribution is 2.33. The lowest BCUT2D eigenvalue weighted by molar-refractivity contribution is -0.184. The van der Waals surface area contributed by atoms with Crippen molar-refractivity contribution in [3.05, 3.63) is 47.2 Å². The summed E-state index contributed by atoms with van der Waals surface area (Å²) in [6.45, 7) is 5.30. The van der Waals surface area contributed by atoms with Gasteiger partial charge in [0.05, 0.1) is 31.4 Å². The molecule has 2 fully saturated rings. The number of carbonyl (C=O) groups is 2. The highest BCUT2D eigenvalue weighted by Gasteiger charge is 2.41. The Balaban J connectivity index is 1.58. The first-order chi connectivity index (χ1) is 14.1. The molecule has 1 atom stereocenters. The number of esters is 1. The molecule has 0 aromatic heterocycles. The quantitative estimate of drug-likeness (QED) is 0.730. The maximum Gasteiger partial charge on any atom is 0.338 e. The van der Waals surface area contributed by atoms with Gasteiger partial charge in [0, 0.05) is 38.2 Å². The number of nitrogens with zero attached hydrogens (tertiary/aromatic N) is 1. The normalized spacial score (nSPS) is 24.3. The van der Waals surface area contributed by atoms with Crippen molar-refractivity contribution < 1.29 is 23.8 Å². The van der Waals surface area contributed by atoms with Gasteiger partial charge in [-0.15, -0.1) is 0 Å². The third-order valence-electron chi connectivity index (χ3n) is 5.60. The molecule has 0 aliphatic carbocycles. The Morgan fingerprint density at radius 3 is 2.55 bits per heavy atom. The molecule has 1 aromatic carbocycles. The van der Waals surface area contributed by atoms with Gasteiger partial charge in [-0.25, -0.2) is 9.59 Å². The van der Waals surface area contributed by atoms with E-state index in [2.05, 4.69) is 15.5 Å². The Kier molecular flexibility index (Phi) is 5.84. The molecule has 3 aliphatic heterocycles. The van der Waals surface area contributed by atoms with Gasteiger partial charge in [0.25, 0.3) is 0 Å². The van der Waals surface area contributed by atoms with Crippen LogP contribution in [0.3, 0.4) is 0 Å². The molecular formula is C21H27N3O5. The Morgan fingerprint density at radius 1 is 1.21 bits per heavy atom. The van der Waals surface area contributed by atoms with E-state index in [0.717, 1.165) is 31.5 Å². The monoisotopic (exact) mass is 401 g/mol. The molecule has 2 N–H and O–H groups in total. The van der Waals surface area contributed by atoms with E-state index in [-0.39, 0.29) is 12.6 Å². The number of rotatable bonds is 5. The van der Waals surface area contributed by atoms with Crippen molar-refractivity contribution in [2.24, 2.45) is 0 Å². The van der Waals surface area contributed by atoms with Gasteiger partial charge < -0.3 is 24.8 Å². The van der Waals surface area contributed by atoms with E-state index in [9.17, 15) is 9.59 Å². The first kappa shape index (κ1) is 19.9. The van der Waals surface area contributed by atoms with Crippen LogP contribution < -0.4 is 10.6 Å². The topological polar surface area (TPSA) is 89.1 Å². The summed E-state index contributed by atoms with van der Waals surface area (Å²) in [5.74, 6) is -0.876. The summed E-state index contributed by atoms with van der Waals surface area (Å²) < 4.78 is 16.9. The van der Waals surface area contributed by atoms with Crippen molar-refractivity contribution in [2.75, 3.05) is 39.5 Å². The fraction of sp³-hybridized carbons (Fsp3) is 0.524. The lowest BCUT2D eigenvalue weighted by Gasteiger charge is -2.39. The smallest absolute Gasteiger partial charge is 0.338 e. The zero-order valence-corrected chi connectivity index (χ0v) is 16.6. The van der Waals surface area contributed by atoms with Crippen LogP contribution in [0.4, 0.5) is 4.79 Å². The number of carbonyl (C=O) groups excluding carboxylic acids is 2. The molecule has 3 aliphatic rings. The minimum Gasteiger partial charge on any atom is -0.463 e. The van der Waals surface area contributed by atoms with Crippen LogP contribution in [0.25, 0.3) is 0 Å². The lowest BCUT2D eigenvalue weighted by atomic mass is 9.94. The van der Waals surface area contributed by atoms with Gasteiger partial charge in [-0.05, 0) is 12.5 Å². The van der Waals surface area contributed by atoms with Crippen LogP contribution in [-0.2, 0) is 19.0 Å². The van der Waals surface area contributed by atoms with Gasteiger partial charge in [-0.2, -0.15) is 0 Å². The molecule has 0 bridgehead atoms. The lowest BCUT2D eigenvalue weighted by Crippen LogP contribution is -2.51. The summed E-state index contributed by atoms with van der Waals surface area (Å²) in [7, 11) is 0. The van der Waals surface area contributed by atoms with Crippen molar-refractivity contribution >= 4 is 12.0 Å². The summed E-state index contributed by atoms with van der Waals surface area (Å²) in [4.78, 5) is 27.4. The highest BCUT2D eigenvalue weighted by molar-refractivity contribution is 5.95. The van der Waals surface area contributed by atoms with E-state index in [1.54, 1.807) is 6.92 Å². The van der Waals surface area contributed by atoms with E-state index in [1.165, 1.54) is 0 Å². The molecule has 8 nitrogen and oxygen atoms in total. The summed E-state index contributed by atoms with van der Waals surface area (Å²) in [5, 5.41) is 5.70.